The summed E-state index contributed by atoms with van der Waals surface area (Å²) in [6.07, 6.45) is -9.68. The monoisotopic (exact) mass is 381 g/mol. The number of nitrogens with zero attached hydrogens (tertiary/aromatic N) is 2. The van der Waals surface area contributed by atoms with Crippen LogP contribution in [0.2, 0.25) is 0 Å². The van der Waals surface area contributed by atoms with Crippen LogP contribution < -0.4 is 5.32 Å². The van der Waals surface area contributed by atoms with Gasteiger partial charge in [-0.2, -0.15) is 31.4 Å². The predicted octanol–water partition coefficient (Wildman–Crippen LogP) is 4.23. The van der Waals surface area contributed by atoms with Gasteiger partial charge in [0, 0.05) is 6.04 Å². The Kier molecular flexibility index (Phi) is 5.36. The van der Waals surface area contributed by atoms with Gasteiger partial charge in [-0.25, -0.2) is 0 Å². The first-order chi connectivity index (χ1) is 9.41. The van der Waals surface area contributed by atoms with Crippen molar-refractivity contribution < 1.29 is 26.3 Å². The minimum atomic E-state index is -5.43. The molecule has 0 fully saturated rings. The molecule has 0 amide bonds. The molecule has 10 heteroatoms. The number of halogens is 7. The van der Waals surface area contributed by atoms with Crippen molar-refractivity contribution in [2.75, 3.05) is 7.05 Å². The van der Waals surface area contributed by atoms with Gasteiger partial charge < -0.3 is 5.32 Å². The molecule has 0 saturated heterocycles. The minimum Gasteiger partial charge on any atom is -0.311 e. The Balaban J connectivity index is 3.44. The minimum absolute atomic E-state index is 0.0917. The zero-order valence-corrected chi connectivity index (χ0v) is 12.9. The summed E-state index contributed by atoms with van der Waals surface area (Å²) in [6.45, 7) is 3.23. The van der Waals surface area contributed by atoms with Crippen molar-refractivity contribution in [2.45, 2.75) is 38.3 Å². The van der Waals surface area contributed by atoms with Gasteiger partial charge in [0.15, 0.2) is 5.92 Å². The van der Waals surface area contributed by atoms with Crippen molar-refractivity contribution in [3.63, 3.8) is 0 Å². The van der Waals surface area contributed by atoms with E-state index in [1.54, 1.807) is 13.8 Å². The average molecular weight is 382 g/mol. The van der Waals surface area contributed by atoms with Crippen LogP contribution in [0.1, 0.15) is 31.6 Å². The van der Waals surface area contributed by atoms with E-state index in [0.717, 1.165) is 11.7 Å². The van der Waals surface area contributed by atoms with Crippen LogP contribution in [0.15, 0.2) is 10.7 Å². The zero-order valence-electron chi connectivity index (χ0n) is 11.3. The largest absolute Gasteiger partial charge is 0.402 e. The SMILES string of the molecule is CNC(c1c(Br)cnn1C(C)C)C(C(F)(F)F)C(F)(F)F. The van der Waals surface area contributed by atoms with Crippen molar-refractivity contribution in [1.29, 1.82) is 0 Å². The number of rotatable bonds is 4. The Hall–Kier alpha value is -0.770. The van der Waals surface area contributed by atoms with Gasteiger partial charge >= 0.3 is 12.4 Å². The standard InChI is InChI=1S/C11H14BrF6N3/c1-5(2)21-8(6(12)4-20-21)7(19-3)9(10(13,14)15)11(16,17)18/h4-5,7,9,19H,1-3H3. The maximum absolute atomic E-state index is 12.9. The molecule has 0 radical (unpaired) electrons. The molecule has 1 heterocycles. The first kappa shape index (κ1) is 18.3. The smallest absolute Gasteiger partial charge is 0.311 e. The van der Waals surface area contributed by atoms with E-state index in [1.807, 2.05) is 0 Å². The summed E-state index contributed by atoms with van der Waals surface area (Å²) in [5, 5.41) is 5.95. The second-order valence-corrected chi connectivity index (χ2v) is 5.60. The predicted molar refractivity (Wildman–Crippen MR) is 67.7 cm³/mol. The van der Waals surface area contributed by atoms with E-state index in [-0.39, 0.29) is 16.2 Å². The summed E-state index contributed by atoms with van der Waals surface area (Å²) in [5.74, 6) is -3.53. The Morgan fingerprint density at radius 3 is 1.95 bits per heavy atom. The molecule has 0 saturated carbocycles. The lowest BCUT2D eigenvalue weighted by molar-refractivity contribution is -0.293. The van der Waals surface area contributed by atoms with Crippen LogP contribution in [0.4, 0.5) is 26.3 Å². The highest BCUT2D eigenvalue weighted by atomic mass is 79.9. The maximum Gasteiger partial charge on any atom is 0.402 e. The highest BCUT2D eigenvalue weighted by molar-refractivity contribution is 9.10. The van der Waals surface area contributed by atoms with Crippen LogP contribution in [-0.2, 0) is 0 Å². The molecule has 122 valence electrons. The summed E-state index contributed by atoms with van der Waals surface area (Å²) >= 11 is 2.97. The topological polar surface area (TPSA) is 29.9 Å². The Bertz CT molecular complexity index is 465. The molecular weight excluding hydrogens is 368 g/mol. The molecule has 1 unspecified atom stereocenters. The highest BCUT2D eigenvalue weighted by Crippen LogP contribution is 2.47. The number of hydrogen-bond donors (Lipinski definition) is 1. The van der Waals surface area contributed by atoms with E-state index in [0.29, 0.717) is 0 Å². The van der Waals surface area contributed by atoms with Gasteiger partial charge in [-0.05, 0) is 36.8 Å². The second kappa shape index (κ2) is 6.15. The first-order valence-corrected chi connectivity index (χ1v) is 6.74. The number of alkyl halides is 6. The van der Waals surface area contributed by atoms with Crippen LogP contribution in [-0.4, -0.2) is 29.2 Å². The van der Waals surface area contributed by atoms with Crippen molar-refractivity contribution in [3.8, 4) is 0 Å². The van der Waals surface area contributed by atoms with Crippen molar-refractivity contribution in [2.24, 2.45) is 5.92 Å². The van der Waals surface area contributed by atoms with E-state index in [9.17, 15) is 26.3 Å². The summed E-state index contributed by atoms with van der Waals surface area (Å²) in [4.78, 5) is 0. The van der Waals surface area contributed by atoms with E-state index in [2.05, 4.69) is 26.3 Å². The molecule has 0 aliphatic carbocycles. The summed E-state index contributed by atoms with van der Waals surface area (Å²) in [7, 11) is 1.05. The summed E-state index contributed by atoms with van der Waals surface area (Å²) < 4.78 is 78.7. The third-order valence-corrected chi connectivity index (χ3v) is 3.53. The van der Waals surface area contributed by atoms with Gasteiger partial charge in [-0.3, -0.25) is 4.68 Å². The molecule has 1 atom stereocenters. The zero-order chi connectivity index (χ0) is 16.6. The fourth-order valence-corrected chi connectivity index (χ4v) is 2.60. The van der Waals surface area contributed by atoms with Gasteiger partial charge in [0.2, 0.25) is 0 Å². The molecule has 0 aliphatic heterocycles. The third-order valence-electron chi connectivity index (χ3n) is 2.92. The number of hydrogen-bond acceptors (Lipinski definition) is 2. The molecule has 1 rings (SSSR count). The van der Waals surface area contributed by atoms with Crippen LogP contribution in [0.25, 0.3) is 0 Å². The molecular formula is C11H14BrF6N3. The van der Waals surface area contributed by atoms with E-state index in [1.165, 1.54) is 6.20 Å². The lowest BCUT2D eigenvalue weighted by atomic mass is 9.95. The first-order valence-electron chi connectivity index (χ1n) is 5.94. The molecule has 1 aromatic rings. The van der Waals surface area contributed by atoms with Crippen LogP contribution in [0.3, 0.4) is 0 Å². The van der Waals surface area contributed by atoms with Crippen molar-refractivity contribution >= 4 is 15.9 Å². The number of aromatic nitrogens is 2. The molecule has 0 aliphatic rings. The molecule has 1 N–H and O–H groups in total. The van der Waals surface area contributed by atoms with E-state index < -0.39 is 24.3 Å². The molecule has 3 nitrogen and oxygen atoms in total. The van der Waals surface area contributed by atoms with Crippen molar-refractivity contribution in [1.82, 2.24) is 15.1 Å². The maximum atomic E-state index is 12.9. The van der Waals surface area contributed by atoms with Gasteiger partial charge in [0.1, 0.15) is 0 Å². The molecule has 1 aromatic heterocycles. The lowest BCUT2D eigenvalue weighted by Gasteiger charge is -2.31. The van der Waals surface area contributed by atoms with Gasteiger partial charge in [-0.1, -0.05) is 0 Å². The molecule has 0 spiro atoms. The van der Waals surface area contributed by atoms with Crippen LogP contribution in [0, 0.1) is 5.92 Å². The van der Waals surface area contributed by atoms with E-state index >= 15 is 0 Å². The Morgan fingerprint density at radius 1 is 1.14 bits per heavy atom. The highest BCUT2D eigenvalue weighted by Gasteiger charge is 2.61. The van der Waals surface area contributed by atoms with Gasteiger partial charge in [0.25, 0.3) is 0 Å². The average Bonchev–Trinajstić information content (AvgIpc) is 2.64. The fraction of sp³-hybridized carbons (Fsp3) is 0.727. The van der Waals surface area contributed by atoms with Crippen LogP contribution >= 0.6 is 15.9 Å². The third kappa shape index (κ3) is 3.91. The molecule has 0 aromatic carbocycles. The second-order valence-electron chi connectivity index (χ2n) is 4.74. The lowest BCUT2D eigenvalue weighted by Crippen LogP contribution is -2.46. The van der Waals surface area contributed by atoms with Crippen LogP contribution in [0.5, 0.6) is 0 Å². The van der Waals surface area contributed by atoms with Gasteiger partial charge in [0.05, 0.1) is 22.4 Å². The summed E-state index contributed by atoms with van der Waals surface area (Å²) in [6, 6.07) is -2.38. The van der Waals surface area contributed by atoms with Gasteiger partial charge in [-0.15, -0.1) is 0 Å². The van der Waals surface area contributed by atoms with E-state index in [4.69, 9.17) is 0 Å². The fourth-order valence-electron chi connectivity index (χ4n) is 2.08. The van der Waals surface area contributed by atoms with Crippen molar-refractivity contribution in [3.05, 3.63) is 16.4 Å². The molecule has 21 heavy (non-hydrogen) atoms. The summed E-state index contributed by atoms with van der Waals surface area (Å²) in [5.41, 5.74) is -0.188. The Labute approximate surface area is 125 Å². The Morgan fingerprint density at radius 2 is 1.62 bits per heavy atom. The quantitative estimate of drug-likeness (QED) is 0.791. The number of nitrogens with one attached hydrogen (secondary N) is 1. The molecule has 0 bridgehead atoms. The normalized spacial score (nSPS) is 15.0.